The molecule has 168 valence electrons. The maximum atomic E-state index is 14.1. The summed E-state index contributed by atoms with van der Waals surface area (Å²) in [6.45, 7) is 3.56. The van der Waals surface area contributed by atoms with Gasteiger partial charge in [0.15, 0.2) is 0 Å². The number of fused-ring (bicyclic) bond motifs is 1. The molecule has 1 aliphatic heterocycles. The Hall–Kier alpha value is -3.44. The Balaban J connectivity index is 1.61. The predicted molar refractivity (Wildman–Crippen MR) is 125 cm³/mol. The average Bonchev–Trinajstić information content (AvgIpc) is 2.84. The number of rotatable bonds is 5. The van der Waals surface area contributed by atoms with E-state index in [1.165, 1.54) is 10.8 Å². The number of nitrogens with zero attached hydrogens (tertiary/aromatic N) is 1. The molecule has 0 spiro atoms. The molecule has 0 aliphatic carbocycles. The summed E-state index contributed by atoms with van der Waals surface area (Å²) in [4.78, 5) is 0. The van der Waals surface area contributed by atoms with Crippen LogP contribution in [-0.4, -0.2) is 18.4 Å². The van der Waals surface area contributed by atoms with Crippen LogP contribution in [0, 0.1) is 12.7 Å². The van der Waals surface area contributed by atoms with E-state index in [2.05, 4.69) is 0 Å². The monoisotopic (exact) mass is 444 g/mol. The maximum absolute atomic E-state index is 14.1. The van der Waals surface area contributed by atoms with Gasteiger partial charge in [-0.05, 0) is 66.8 Å². The van der Waals surface area contributed by atoms with Gasteiger partial charge in [-0.15, -0.1) is 0 Å². The molecule has 5 heteroatoms. The van der Waals surface area contributed by atoms with Crippen molar-refractivity contribution in [3.63, 3.8) is 0 Å². The molecule has 0 saturated carbocycles. The summed E-state index contributed by atoms with van der Waals surface area (Å²) >= 11 is 0. The second-order valence-corrected chi connectivity index (χ2v) is 8.61. The summed E-state index contributed by atoms with van der Waals surface area (Å²) in [5.74, 6) is 0.647. The van der Waals surface area contributed by atoms with E-state index in [4.69, 9.17) is 9.47 Å². The lowest BCUT2D eigenvalue weighted by Gasteiger charge is -2.22. The predicted octanol–water partition coefficient (Wildman–Crippen LogP) is 5.95. The molecule has 0 amide bonds. The van der Waals surface area contributed by atoms with Crippen molar-refractivity contribution in [1.29, 1.82) is 0 Å². The van der Waals surface area contributed by atoms with E-state index in [0.717, 1.165) is 51.7 Å². The van der Waals surface area contributed by atoms with Crippen LogP contribution in [0.1, 0.15) is 35.6 Å². The van der Waals surface area contributed by atoms with Crippen molar-refractivity contribution in [1.82, 2.24) is 0 Å². The molecule has 5 rings (SSSR count). The third kappa shape index (κ3) is 4.41. The number of ether oxygens (including phenoxy) is 2. The molecule has 0 unspecified atom stereocenters. The first kappa shape index (κ1) is 21.4. The fourth-order valence-electron chi connectivity index (χ4n) is 4.63. The Labute approximate surface area is 192 Å². The van der Waals surface area contributed by atoms with Crippen molar-refractivity contribution < 1.29 is 23.8 Å². The molecule has 1 aliphatic rings. The second-order valence-electron chi connectivity index (χ2n) is 8.61. The van der Waals surface area contributed by atoms with Crippen molar-refractivity contribution in [3.05, 3.63) is 95.6 Å². The Bertz CT molecular complexity index is 1280. The highest BCUT2D eigenvalue weighted by atomic mass is 19.1. The van der Waals surface area contributed by atoms with Crippen LogP contribution in [0.25, 0.3) is 21.9 Å². The SMILES string of the molecule is Cc1cc(-c2c(C3CCOCC3)[n+](O)cc3cc(OCc4ccccc4)ccc23)ccc1F. The van der Waals surface area contributed by atoms with Crippen LogP contribution in [0.4, 0.5) is 4.39 Å². The zero-order valence-electron chi connectivity index (χ0n) is 18.6. The summed E-state index contributed by atoms with van der Waals surface area (Å²) in [6, 6.07) is 21.1. The van der Waals surface area contributed by atoms with E-state index in [9.17, 15) is 9.60 Å². The van der Waals surface area contributed by atoms with Crippen LogP contribution in [0.5, 0.6) is 5.75 Å². The smallest absolute Gasteiger partial charge is 0.245 e. The lowest BCUT2D eigenvalue weighted by Crippen LogP contribution is -2.38. The topological polar surface area (TPSA) is 42.6 Å². The summed E-state index contributed by atoms with van der Waals surface area (Å²) in [5, 5.41) is 12.9. The first-order valence-corrected chi connectivity index (χ1v) is 11.3. The van der Waals surface area contributed by atoms with E-state index >= 15 is 0 Å². The fourth-order valence-corrected chi connectivity index (χ4v) is 4.63. The van der Waals surface area contributed by atoms with Gasteiger partial charge in [-0.3, -0.25) is 5.21 Å². The number of hydrogen-bond donors (Lipinski definition) is 1. The number of benzene rings is 3. The van der Waals surface area contributed by atoms with E-state index in [1.807, 2.05) is 54.6 Å². The van der Waals surface area contributed by atoms with E-state index < -0.39 is 0 Å². The first-order chi connectivity index (χ1) is 16.1. The molecule has 1 saturated heterocycles. The number of hydrogen-bond acceptors (Lipinski definition) is 3. The van der Waals surface area contributed by atoms with Gasteiger partial charge in [0.05, 0.1) is 16.9 Å². The summed E-state index contributed by atoms with van der Waals surface area (Å²) in [6.07, 6.45) is 3.41. The molecule has 4 aromatic rings. The van der Waals surface area contributed by atoms with Gasteiger partial charge < -0.3 is 9.47 Å². The zero-order chi connectivity index (χ0) is 22.8. The molecule has 1 N–H and O–H groups in total. The molecular formula is C28H27FNO3+. The highest BCUT2D eigenvalue weighted by Crippen LogP contribution is 2.38. The molecule has 33 heavy (non-hydrogen) atoms. The van der Waals surface area contributed by atoms with Crippen LogP contribution in [0.2, 0.25) is 0 Å². The Morgan fingerprint density at radius 3 is 2.58 bits per heavy atom. The van der Waals surface area contributed by atoms with Crippen LogP contribution in [0.3, 0.4) is 0 Å². The third-order valence-corrected chi connectivity index (χ3v) is 6.36. The Morgan fingerprint density at radius 1 is 1.03 bits per heavy atom. The van der Waals surface area contributed by atoms with Gasteiger partial charge in [-0.25, -0.2) is 4.39 Å². The van der Waals surface area contributed by atoms with Gasteiger partial charge in [-0.2, -0.15) is 0 Å². The highest BCUT2D eigenvalue weighted by Gasteiger charge is 2.32. The van der Waals surface area contributed by atoms with Crippen LogP contribution >= 0.6 is 0 Å². The van der Waals surface area contributed by atoms with E-state index in [1.54, 1.807) is 19.2 Å². The van der Waals surface area contributed by atoms with Crippen LogP contribution < -0.4 is 9.47 Å². The minimum Gasteiger partial charge on any atom is -0.489 e. The van der Waals surface area contributed by atoms with Gasteiger partial charge >= 0.3 is 0 Å². The van der Waals surface area contributed by atoms with Gasteiger partial charge in [-0.1, -0.05) is 36.4 Å². The summed E-state index contributed by atoms with van der Waals surface area (Å²) < 4.78 is 26.9. The van der Waals surface area contributed by atoms with Crippen molar-refractivity contribution in [2.45, 2.75) is 32.3 Å². The second kappa shape index (κ2) is 9.20. The van der Waals surface area contributed by atoms with Crippen molar-refractivity contribution in [2.75, 3.05) is 13.2 Å². The van der Waals surface area contributed by atoms with Crippen LogP contribution in [-0.2, 0) is 11.3 Å². The molecule has 0 atom stereocenters. The molecule has 0 bridgehead atoms. The van der Waals surface area contributed by atoms with Gasteiger partial charge in [0.1, 0.15) is 18.2 Å². The molecule has 1 fully saturated rings. The lowest BCUT2D eigenvalue weighted by atomic mass is 9.87. The van der Waals surface area contributed by atoms with Crippen molar-refractivity contribution in [2.24, 2.45) is 0 Å². The minimum atomic E-state index is -0.236. The first-order valence-electron chi connectivity index (χ1n) is 11.3. The zero-order valence-corrected chi connectivity index (χ0v) is 18.6. The van der Waals surface area contributed by atoms with Crippen molar-refractivity contribution in [3.8, 4) is 16.9 Å². The normalized spacial score (nSPS) is 14.5. The van der Waals surface area contributed by atoms with E-state index in [-0.39, 0.29) is 11.7 Å². The average molecular weight is 445 g/mol. The number of halogens is 1. The molecule has 1 aromatic heterocycles. The quantitative estimate of drug-likeness (QED) is 0.305. The number of pyridine rings is 1. The standard InChI is InChI=1S/C28H27FNO3/c1-19-15-22(7-10-26(19)29)27-25-9-8-24(33-18-20-5-3-2-4-6-20)16-23(25)17-30(31)28(27)21-11-13-32-14-12-21/h2-10,15-17,21,31H,11-14,18H2,1H3/q+1. The van der Waals surface area contributed by atoms with Gasteiger partial charge in [0, 0.05) is 23.3 Å². The van der Waals surface area contributed by atoms with Gasteiger partial charge in [0.2, 0.25) is 11.9 Å². The molecule has 3 aromatic carbocycles. The number of aryl methyl sites for hydroxylation is 1. The number of aromatic nitrogens is 1. The van der Waals surface area contributed by atoms with Crippen molar-refractivity contribution >= 4 is 10.8 Å². The lowest BCUT2D eigenvalue weighted by molar-refractivity contribution is -0.909. The maximum Gasteiger partial charge on any atom is 0.245 e. The largest absolute Gasteiger partial charge is 0.489 e. The highest BCUT2D eigenvalue weighted by molar-refractivity contribution is 5.97. The Kier molecular flexibility index (Phi) is 5.97. The molecule has 4 nitrogen and oxygen atoms in total. The summed E-state index contributed by atoms with van der Waals surface area (Å²) in [5.41, 5.74) is 4.33. The summed E-state index contributed by atoms with van der Waals surface area (Å²) in [7, 11) is 0. The molecule has 0 radical (unpaired) electrons. The third-order valence-electron chi connectivity index (χ3n) is 6.36. The van der Waals surface area contributed by atoms with Gasteiger partial charge in [0.25, 0.3) is 0 Å². The fraction of sp³-hybridized carbons (Fsp3) is 0.250. The molecule has 2 heterocycles. The Morgan fingerprint density at radius 2 is 1.82 bits per heavy atom. The minimum absolute atomic E-state index is 0.155. The van der Waals surface area contributed by atoms with Crippen LogP contribution in [0.15, 0.2) is 72.9 Å². The molecular weight excluding hydrogens is 417 g/mol. The van der Waals surface area contributed by atoms with E-state index in [0.29, 0.717) is 25.4 Å².